The van der Waals surface area contributed by atoms with Crippen LogP contribution < -0.4 is 10.4 Å². The van der Waals surface area contributed by atoms with Gasteiger partial charge in [0.1, 0.15) is 5.75 Å². The van der Waals surface area contributed by atoms with Crippen molar-refractivity contribution in [2.24, 2.45) is 17.8 Å². The van der Waals surface area contributed by atoms with Crippen molar-refractivity contribution in [3.05, 3.63) is 70.8 Å². The summed E-state index contributed by atoms with van der Waals surface area (Å²) in [7, 11) is -0.0592. The van der Waals surface area contributed by atoms with Crippen LogP contribution in [0.1, 0.15) is 44.6 Å². The fraction of sp³-hybridized carbons (Fsp3) is 0.419. The lowest BCUT2D eigenvalue weighted by molar-refractivity contribution is -0.122. The lowest BCUT2D eigenvalue weighted by atomic mass is 9.69. The minimum Gasteiger partial charge on any atom is -0.508 e. The average Bonchev–Trinajstić information content (AvgIpc) is 3.46. The smallest absolute Gasteiger partial charge is 0.488 e. The number of hydrogen-bond acceptors (Lipinski definition) is 7. The Kier molecular flexibility index (Phi) is 8.56. The van der Waals surface area contributed by atoms with E-state index in [0.29, 0.717) is 25.3 Å². The van der Waals surface area contributed by atoms with Gasteiger partial charge in [-0.25, -0.2) is 0 Å². The number of ether oxygens (including phenoxy) is 2. The Hall–Kier alpha value is -3.24. The average molecular weight is 545 g/mol. The van der Waals surface area contributed by atoms with Gasteiger partial charge in [0.05, 0.1) is 36.8 Å². The normalized spacial score (nSPS) is 24.5. The van der Waals surface area contributed by atoms with Gasteiger partial charge in [-0.1, -0.05) is 49.3 Å². The van der Waals surface area contributed by atoms with Crippen molar-refractivity contribution in [1.29, 1.82) is 0 Å². The molecular formula is C31H36BNO7. The maximum Gasteiger partial charge on any atom is 0.488 e. The highest BCUT2D eigenvalue weighted by Crippen LogP contribution is 2.50. The number of hydrogen-bond donors (Lipinski definition) is 3. The molecule has 0 bridgehead atoms. The fourth-order valence-corrected chi connectivity index (χ4v) is 6.62. The van der Waals surface area contributed by atoms with Gasteiger partial charge in [0, 0.05) is 13.0 Å². The Bertz CT molecular complexity index is 1340. The van der Waals surface area contributed by atoms with Crippen molar-refractivity contribution < 1.29 is 34.2 Å². The van der Waals surface area contributed by atoms with Crippen LogP contribution in [0.5, 0.6) is 5.75 Å². The molecule has 0 radical (unpaired) electrons. The Morgan fingerprint density at radius 1 is 1.10 bits per heavy atom. The molecule has 2 heterocycles. The second-order valence-corrected chi connectivity index (χ2v) is 10.9. The topological polar surface area (TPSA) is 117 Å². The number of fused-ring (bicyclic) bond motifs is 3. The quantitative estimate of drug-likeness (QED) is 0.239. The molecular weight excluding hydrogens is 509 g/mol. The fourth-order valence-electron chi connectivity index (χ4n) is 6.62. The Morgan fingerprint density at radius 3 is 2.62 bits per heavy atom. The first-order valence-electron chi connectivity index (χ1n) is 14.0. The molecule has 9 heteroatoms. The maximum atomic E-state index is 13.8. The minimum atomic E-state index is -1.69. The Balaban J connectivity index is 1.39. The summed E-state index contributed by atoms with van der Waals surface area (Å²) in [5.41, 5.74) is 4.93. The molecule has 8 nitrogen and oxygen atoms in total. The molecule has 1 aliphatic carbocycles. The molecule has 40 heavy (non-hydrogen) atoms. The summed E-state index contributed by atoms with van der Waals surface area (Å²) in [6.07, 6.45) is 5.91. The van der Waals surface area contributed by atoms with Crippen LogP contribution >= 0.6 is 0 Å². The van der Waals surface area contributed by atoms with Gasteiger partial charge in [0.15, 0.2) is 0 Å². The van der Waals surface area contributed by atoms with Gasteiger partial charge in [-0.05, 0) is 72.1 Å². The summed E-state index contributed by atoms with van der Waals surface area (Å²) >= 11 is 0. The van der Waals surface area contributed by atoms with Crippen LogP contribution in [0.25, 0.3) is 6.08 Å². The standard InChI is InChI=1S/C31H36BNO7/c1-3-6-19(13-20-7-4-10-24(34)14-20)11-12-27-28-21(17-39-2)15-25-29(26(28)18-40-27)31(36)33(30(25)35)23-9-5-8-22(16-23)32(37)38/h4-5,7-10,13-14,16,25-27,29,34,37-38H,3,6,11-12,15,17-18H2,1-2H3/b19-13+/t25-,26+,27-,29-/m1/s1. The molecule has 2 amide bonds. The first kappa shape index (κ1) is 28.3. The third-order valence-corrected chi connectivity index (χ3v) is 8.29. The molecule has 3 aliphatic rings. The summed E-state index contributed by atoms with van der Waals surface area (Å²) in [6, 6.07) is 13.5. The summed E-state index contributed by atoms with van der Waals surface area (Å²) in [5, 5.41) is 29.1. The van der Waals surface area contributed by atoms with E-state index in [9.17, 15) is 24.7 Å². The summed E-state index contributed by atoms with van der Waals surface area (Å²) < 4.78 is 11.9. The van der Waals surface area contributed by atoms with E-state index >= 15 is 0 Å². The van der Waals surface area contributed by atoms with E-state index < -0.39 is 19.0 Å². The first-order chi connectivity index (χ1) is 19.3. The van der Waals surface area contributed by atoms with E-state index in [2.05, 4.69) is 13.0 Å². The van der Waals surface area contributed by atoms with Crippen molar-refractivity contribution >= 4 is 36.2 Å². The molecule has 2 saturated heterocycles. The number of phenolic OH excluding ortho intramolecular Hbond substituents is 1. The van der Waals surface area contributed by atoms with Gasteiger partial charge in [0.25, 0.3) is 0 Å². The number of carbonyl (C=O) groups is 2. The van der Waals surface area contributed by atoms with Crippen LogP contribution in [-0.4, -0.2) is 60.5 Å². The molecule has 0 aromatic heterocycles. The van der Waals surface area contributed by atoms with E-state index in [-0.39, 0.29) is 35.0 Å². The van der Waals surface area contributed by atoms with Gasteiger partial charge < -0.3 is 24.6 Å². The van der Waals surface area contributed by atoms with Crippen molar-refractivity contribution in [3.8, 4) is 5.75 Å². The highest BCUT2D eigenvalue weighted by molar-refractivity contribution is 6.58. The Labute approximate surface area is 235 Å². The van der Waals surface area contributed by atoms with Crippen LogP contribution in [0.15, 0.2) is 65.3 Å². The SMILES string of the molecule is CCC/C(=C\c1cccc(O)c1)CC[C@H]1OC[C@H]2C1=C(COC)C[C@H]1C(=O)N(c3cccc(B(O)O)c3)C(=O)[C@H]12. The monoisotopic (exact) mass is 545 g/mol. The lowest BCUT2D eigenvalue weighted by Crippen LogP contribution is -2.36. The molecule has 2 aromatic carbocycles. The number of nitrogens with zero attached hydrogens (tertiary/aromatic N) is 1. The zero-order valence-corrected chi connectivity index (χ0v) is 23.0. The summed E-state index contributed by atoms with van der Waals surface area (Å²) in [5.74, 6) is -1.52. The number of anilines is 1. The van der Waals surface area contributed by atoms with E-state index in [0.717, 1.165) is 42.4 Å². The van der Waals surface area contributed by atoms with E-state index in [1.54, 1.807) is 37.4 Å². The number of allylic oxidation sites excluding steroid dienone is 1. The van der Waals surface area contributed by atoms with Crippen LogP contribution in [0.2, 0.25) is 0 Å². The molecule has 0 saturated carbocycles. The number of aromatic hydroxyl groups is 1. The minimum absolute atomic E-state index is 0.162. The number of amides is 2. The van der Waals surface area contributed by atoms with Gasteiger partial charge >= 0.3 is 7.12 Å². The van der Waals surface area contributed by atoms with E-state index in [4.69, 9.17) is 9.47 Å². The third-order valence-electron chi connectivity index (χ3n) is 8.29. The molecule has 5 rings (SSSR count). The van der Waals surface area contributed by atoms with E-state index in [1.807, 2.05) is 12.1 Å². The van der Waals surface area contributed by atoms with Gasteiger partial charge in [0.2, 0.25) is 11.8 Å². The Morgan fingerprint density at radius 2 is 1.90 bits per heavy atom. The molecule has 4 atom stereocenters. The molecule has 0 unspecified atom stereocenters. The largest absolute Gasteiger partial charge is 0.508 e. The number of rotatable bonds is 10. The number of methoxy groups -OCH3 is 1. The predicted octanol–water partition coefficient (Wildman–Crippen LogP) is 3.20. The summed E-state index contributed by atoms with van der Waals surface area (Å²) in [4.78, 5) is 28.6. The first-order valence-corrected chi connectivity index (χ1v) is 14.0. The van der Waals surface area contributed by atoms with Crippen molar-refractivity contribution in [2.45, 2.75) is 45.1 Å². The van der Waals surface area contributed by atoms with Crippen LogP contribution in [0, 0.1) is 17.8 Å². The number of phenols is 1. The van der Waals surface area contributed by atoms with Crippen LogP contribution in [0.4, 0.5) is 5.69 Å². The highest BCUT2D eigenvalue weighted by atomic mass is 16.5. The van der Waals surface area contributed by atoms with Crippen molar-refractivity contribution in [1.82, 2.24) is 0 Å². The molecule has 2 fully saturated rings. The van der Waals surface area contributed by atoms with Gasteiger partial charge in [-0.15, -0.1) is 0 Å². The maximum absolute atomic E-state index is 13.8. The molecule has 2 aliphatic heterocycles. The van der Waals surface area contributed by atoms with Crippen LogP contribution in [-0.2, 0) is 19.1 Å². The molecule has 0 spiro atoms. The van der Waals surface area contributed by atoms with E-state index in [1.165, 1.54) is 16.5 Å². The van der Waals surface area contributed by atoms with Gasteiger partial charge in [-0.3, -0.25) is 14.5 Å². The zero-order valence-electron chi connectivity index (χ0n) is 23.0. The van der Waals surface area contributed by atoms with Gasteiger partial charge in [-0.2, -0.15) is 0 Å². The second kappa shape index (κ2) is 12.1. The second-order valence-electron chi connectivity index (χ2n) is 10.9. The van der Waals surface area contributed by atoms with Crippen LogP contribution in [0.3, 0.4) is 0 Å². The lowest BCUT2D eigenvalue weighted by Gasteiger charge is -2.31. The molecule has 2 aromatic rings. The number of imide groups is 1. The predicted molar refractivity (Wildman–Crippen MR) is 153 cm³/mol. The summed E-state index contributed by atoms with van der Waals surface area (Å²) in [6.45, 7) is 2.89. The van der Waals surface area contributed by atoms with Crippen molar-refractivity contribution in [2.75, 3.05) is 25.2 Å². The third kappa shape index (κ3) is 5.52. The molecule has 3 N–H and O–H groups in total. The molecule has 210 valence electrons. The zero-order chi connectivity index (χ0) is 28.4. The van der Waals surface area contributed by atoms with Crippen molar-refractivity contribution in [3.63, 3.8) is 0 Å². The number of benzene rings is 2. The highest BCUT2D eigenvalue weighted by Gasteiger charge is 2.57. The number of carbonyl (C=O) groups excluding carboxylic acids is 2.